The van der Waals surface area contributed by atoms with Gasteiger partial charge in [-0.05, 0) is 89.9 Å². The Morgan fingerprint density at radius 3 is 0.816 bits per heavy atom. The number of allylic oxidation sites excluding steroid dienone is 12. The predicted molar refractivity (Wildman–Crippen MR) is 330 cm³/mol. The maximum absolute atomic E-state index is 12.9. The molecule has 0 saturated carbocycles. The lowest BCUT2D eigenvalue weighted by molar-refractivity contribution is -0.167. The first kappa shape index (κ1) is 72.8. The maximum Gasteiger partial charge on any atom is 0.306 e. The second kappa shape index (κ2) is 64.4. The van der Waals surface area contributed by atoms with Crippen LogP contribution in [0.5, 0.6) is 0 Å². The van der Waals surface area contributed by atoms with E-state index in [-0.39, 0.29) is 31.1 Å². The van der Waals surface area contributed by atoms with Crippen molar-refractivity contribution in [1.29, 1.82) is 0 Å². The van der Waals surface area contributed by atoms with Crippen LogP contribution in [-0.4, -0.2) is 37.2 Å². The Labute approximate surface area is 472 Å². The van der Waals surface area contributed by atoms with Crippen LogP contribution >= 0.6 is 0 Å². The fourth-order valence-corrected chi connectivity index (χ4v) is 9.53. The first-order valence-corrected chi connectivity index (χ1v) is 32.9. The van der Waals surface area contributed by atoms with Gasteiger partial charge in [-0.25, -0.2) is 0 Å². The Kier molecular flexibility index (Phi) is 61.7. The lowest BCUT2D eigenvalue weighted by atomic mass is 10.0. The summed E-state index contributed by atoms with van der Waals surface area (Å²) >= 11 is 0. The van der Waals surface area contributed by atoms with E-state index < -0.39 is 6.10 Å². The summed E-state index contributed by atoms with van der Waals surface area (Å²) in [6.45, 7) is 6.55. The third-order valence-electron chi connectivity index (χ3n) is 14.4. The summed E-state index contributed by atoms with van der Waals surface area (Å²) in [7, 11) is 0. The van der Waals surface area contributed by atoms with E-state index in [4.69, 9.17) is 14.2 Å². The Morgan fingerprint density at radius 2 is 0.513 bits per heavy atom. The van der Waals surface area contributed by atoms with Crippen LogP contribution in [0.2, 0.25) is 0 Å². The van der Waals surface area contributed by atoms with Gasteiger partial charge in [0.2, 0.25) is 0 Å². The number of ether oxygens (including phenoxy) is 3. The van der Waals surface area contributed by atoms with E-state index in [2.05, 4.69) is 93.7 Å². The molecule has 0 aliphatic carbocycles. The molecule has 0 bridgehead atoms. The van der Waals surface area contributed by atoms with Crippen molar-refractivity contribution in [2.45, 2.75) is 341 Å². The molecule has 76 heavy (non-hydrogen) atoms. The molecular formula is C70H124O6. The molecular weight excluding hydrogens is 937 g/mol. The van der Waals surface area contributed by atoms with Crippen molar-refractivity contribution in [3.05, 3.63) is 72.9 Å². The van der Waals surface area contributed by atoms with Gasteiger partial charge in [-0.15, -0.1) is 0 Å². The zero-order chi connectivity index (χ0) is 55.0. The standard InChI is InChI=1S/C70H124O6/c1-4-7-10-13-16-19-22-25-27-29-31-32-33-34-35-36-37-38-39-41-42-45-48-51-54-57-60-63-69(72)75-66-67(65-74-68(71)62-59-56-53-50-47-44-24-21-18-15-12-9-6-3)76-70(73)64-61-58-55-52-49-46-43-40-30-28-26-23-20-17-14-11-8-5-2/h7,10,16,19-20,23,25,27-28,30-32,67H,4-6,8-9,11-15,17-18,21-22,24,26,29,33-66H2,1-3H3/b10-7-,19-16-,23-20-,27-25-,30-28-,32-31-. The molecule has 0 N–H and O–H groups in total. The van der Waals surface area contributed by atoms with E-state index >= 15 is 0 Å². The summed E-state index contributed by atoms with van der Waals surface area (Å²) in [5, 5.41) is 0. The molecule has 0 radical (unpaired) electrons. The second-order valence-electron chi connectivity index (χ2n) is 22.0. The molecule has 0 aromatic rings. The first-order valence-electron chi connectivity index (χ1n) is 32.9. The fraction of sp³-hybridized carbons (Fsp3) is 0.786. The summed E-state index contributed by atoms with van der Waals surface area (Å²) in [4.78, 5) is 38.3. The van der Waals surface area contributed by atoms with Crippen LogP contribution in [0, 0.1) is 0 Å². The molecule has 0 aromatic carbocycles. The average molecular weight is 1060 g/mol. The Bertz CT molecular complexity index is 1400. The molecule has 0 rings (SSSR count). The number of rotatable bonds is 60. The highest BCUT2D eigenvalue weighted by atomic mass is 16.6. The quantitative estimate of drug-likeness (QED) is 0.0261. The van der Waals surface area contributed by atoms with Gasteiger partial charge < -0.3 is 14.2 Å². The molecule has 0 heterocycles. The zero-order valence-electron chi connectivity index (χ0n) is 50.5. The topological polar surface area (TPSA) is 78.9 Å². The van der Waals surface area contributed by atoms with Crippen LogP contribution in [-0.2, 0) is 28.6 Å². The molecule has 1 unspecified atom stereocenters. The Balaban J connectivity index is 4.26. The van der Waals surface area contributed by atoms with Crippen LogP contribution < -0.4 is 0 Å². The molecule has 0 saturated heterocycles. The van der Waals surface area contributed by atoms with Gasteiger partial charge in [0.15, 0.2) is 6.10 Å². The van der Waals surface area contributed by atoms with E-state index in [1.165, 1.54) is 199 Å². The number of carbonyl (C=O) groups is 3. The minimum Gasteiger partial charge on any atom is -0.462 e. The molecule has 440 valence electrons. The van der Waals surface area contributed by atoms with Gasteiger partial charge in [0.05, 0.1) is 0 Å². The highest BCUT2D eigenvalue weighted by Crippen LogP contribution is 2.17. The molecule has 0 aliphatic rings. The summed E-state index contributed by atoms with van der Waals surface area (Å²) in [5.41, 5.74) is 0. The second-order valence-corrected chi connectivity index (χ2v) is 22.0. The van der Waals surface area contributed by atoms with Crippen LogP contribution in [0.1, 0.15) is 335 Å². The van der Waals surface area contributed by atoms with Crippen molar-refractivity contribution in [3.8, 4) is 0 Å². The summed E-state index contributed by atoms with van der Waals surface area (Å²) in [6, 6.07) is 0. The van der Waals surface area contributed by atoms with Crippen LogP contribution in [0.15, 0.2) is 72.9 Å². The lowest BCUT2D eigenvalue weighted by Gasteiger charge is -2.18. The molecule has 0 aromatic heterocycles. The van der Waals surface area contributed by atoms with Gasteiger partial charge in [0, 0.05) is 19.3 Å². The van der Waals surface area contributed by atoms with E-state index in [0.29, 0.717) is 19.3 Å². The third kappa shape index (κ3) is 61.7. The Hall–Kier alpha value is -3.15. The monoisotopic (exact) mass is 1060 g/mol. The zero-order valence-corrected chi connectivity index (χ0v) is 50.5. The van der Waals surface area contributed by atoms with Gasteiger partial charge in [-0.3, -0.25) is 14.4 Å². The third-order valence-corrected chi connectivity index (χ3v) is 14.4. The SMILES string of the molecule is CC/C=C\C/C=C\C/C=C\C/C=C\CCCCCCCCCCCCCCCCC(=O)OCC(COC(=O)CCCCCCCCCCCCCCC)OC(=O)CCCCCCCCC/C=C\C/C=C\CCCCCC. The van der Waals surface area contributed by atoms with Gasteiger partial charge in [0.1, 0.15) is 13.2 Å². The van der Waals surface area contributed by atoms with Crippen molar-refractivity contribution >= 4 is 17.9 Å². The van der Waals surface area contributed by atoms with Crippen molar-refractivity contribution in [2.24, 2.45) is 0 Å². The summed E-state index contributed by atoms with van der Waals surface area (Å²) in [5.74, 6) is -0.865. The van der Waals surface area contributed by atoms with Crippen molar-refractivity contribution in [3.63, 3.8) is 0 Å². The predicted octanol–water partition coefficient (Wildman–Crippen LogP) is 22.5. The van der Waals surface area contributed by atoms with E-state index in [1.54, 1.807) is 0 Å². The molecule has 0 spiro atoms. The van der Waals surface area contributed by atoms with E-state index in [1.807, 2.05) is 0 Å². The van der Waals surface area contributed by atoms with Gasteiger partial charge in [-0.1, -0.05) is 299 Å². The maximum atomic E-state index is 12.9. The number of hydrogen-bond donors (Lipinski definition) is 0. The molecule has 6 nitrogen and oxygen atoms in total. The van der Waals surface area contributed by atoms with Crippen molar-refractivity contribution in [1.82, 2.24) is 0 Å². The molecule has 0 aliphatic heterocycles. The average Bonchev–Trinajstić information content (AvgIpc) is 3.42. The van der Waals surface area contributed by atoms with Gasteiger partial charge in [0.25, 0.3) is 0 Å². The number of esters is 3. The fourth-order valence-electron chi connectivity index (χ4n) is 9.53. The number of hydrogen-bond acceptors (Lipinski definition) is 6. The minimum atomic E-state index is -0.778. The summed E-state index contributed by atoms with van der Waals surface area (Å²) in [6.07, 6.45) is 83.4. The first-order chi connectivity index (χ1) is 37.5. The number of carbonyl (C=O) groups excluding carboxylic acids is 3. The van der Waals surface area contributed by atoms with Gasteiger partial charge >= 0.3 is 17.9 Å². The van der Waals surface area contributed by atoms with Crippen molar-refractivity contribution in [2.75, 3.05) is 13.2 Å². The van der Waals surface area contributed by atoms with Crippen molar-refractivity contribution < 1.29 is 28.6 Å². The molecule has 0 fully saturated rings. The van der Waals surface area contributed by atoms with E-state index in [0.717, 1.165) is 96.3 Å². The largest absolute Gasteiger partial charge is 0.462 e. The summed E-state index contributed by atoms with van der Waals surface area (Å²) < 4.78 is 16.9. The van der Waals surface area contributed by atoms with Crippen LogP contribution in [0.25, 0.3) is 0 Å². The van der Waals surface area contributed by atoms with Gasteiger partial charge in [-0.2, -0.15) is 0 Å². The Morgan fingerprint density at radius 1 is 0.276 bits per heavy atom. The lowest BCUT2D eigenvalue weighted by Crippen LogP contribution is -2.30. The smallest absolute Gasteiger partial charge is 0.306 e. The normalized spacial score (nSPS) is 12.5. The molecule has 6 heteroatoms. The molecule has 0 amide bonds. The molecule has 1 atom stereocenters. The minimum absolute atomic E-state index is 0.0743. The highest BCUT2D eigenvalue weighted by Gasteiger charge is 2.19. The van der Waals surface area contributed by atoms with E-state index in [9.17, 15) is 14.4 Å². The van der Waals surface area contributed by atoms with Crippen LogP contribution in [0.3, 0.4) is 0 Å². The highest BCUT2D eigenvalue weighted by molar-refractivity contribution is 5.71. The number of unbranched alkanes of at least 4 members (excludes halogenated alkanes) is 37. The van der Waals surface area contributed by atoms with Crippen LogP contribution in [0.4, 0.5) is 0 Å².